The molecule has 2 rings (SSSR count). The number of nitrogens with one attached hydrogen (secondary N) is 1. The van der Waals surface area contributed by atoms with E-state index in [1.165, 1.54) is 12.5 Å². The molecule has 1 N–H and O–H groups in total. The van der Waals surface area contributed by atoms with Crippen LogP contribution in [0.4, 0.5) is 4.39 Å². The number of hydrogen-bond donors (Lipinski definition) is 1. The molecule has 1 aromatic rings. The second kappa shape index (κ2) is 5.63. The highest BCUT2D eigenvalue weighted by molar-refractivity contribution is 5.18. The summed E-state index contributed by atoms with van der Waals surface area (Å²) in [7, 11) is 0. The van der Waals surface area contributed by atoms with E-state index < -0.39 is 0 Å². The third-order valence-electron chi connectivity index (χ3n) is 3.69. The summed E-state index contributed by atoms with van der Waals surface area (Å²) >= 11 is 0. The van der Waals surface area contributed by atoms with Gasteiger partial charge in [0.25, 0.3) is 0 Å². The highest BCUT2D eigenvalue weighted by atomic mass is 19.1. The van der Waals surface area contributed by atoms with Crippen molar-refractivity contribution in [2.45, 2.75) is 39.2 Å². The van der Waals surface area contributed by atoms with Crippen LogP contribution in [0.1, 0.15) is 32.3 Å². The van der Waals surface area contributed by atoms with Gasteiger partial charge in [-0.05, 0) is 55.3 Å². The first kappa shape index (κ1) is 12.6. The van der Waals surface area contributed by atoms with Crippen molar-refractivity contribution in [3.63, 3.8) is 0 Å². The largest absolute Gasteiger partial charge is 0.313 e. The van der Waals surface area contributed by atoms with Crippen LogP contribution >= 0.6 is 0 Å². The van der Waals surface area contributed by atoms with Gasteiger partial charge in [0, 0.05) is 6.04 Å². The molecular formula is C15H22FN. The van der Waals surface area contributed by atoms with E-state index >= 15 is 0 Å². The molecule has 0 spiro atoms. The molecule has 0 aliphatic heterocycles. The normalized spacial score (nSPS) is 24.6. The molecule has 0 bridgehead atoms. The summed E-state index contributed by atoms with van der Waals surface area (Å²) in [5.41, 5.74) is 1.11. The molecule has 1 fully saturated rings. The summed E-state index contributed by atoms with van der Waals surface area (Å²) < 4.78 is 13.1. The number of halogens is 1. The lowest BCUT2D eigenvalue weighted by Crippen LogP contribution is -2.34. The van der Waals surface area contributed by atoms with Gasteiger partial charge in [0.1, 0.15) is 5.82 Å². The molecule has 17 heavy (non-hydrogen) atoms. The molecule has 1 saturated carbocycles. The maximum Gasteiger partial charge on any atom is 0.123 e. The van der Waals surface area contributed by atoms with Crippen molar-refractivity contribution in [1.82, 2.24) is 5.32 Å². The van der Waals surface area contributed by atoms with Crippen LogP contribution in [0.3, 0.4) is 0 Å². The van der Waals surface area contributed by atoms with Crippen LogP contribution in [-0.2, 0) is 6.42 Å². The average molecular weight is 235 g/mol. The molecule has 1 aliphatic carbocycles. The van der Waals surface area contributed by atoms with E-state index in [9.17, 15) is 4.39 Å². The lowest BCUT2D eigenvalue weighted by Gasteiger charge is -2.18. The zero-order valence-electron chi connectivity index (χ0n) is 10.7. The fourth-order valence-electron chi connectivity index (χ4n) is 2.53. The van der Waals surface area contributed by atoms with Crippen LogP contribution < -0.4 is 5.32 Å². The van der Waals surface area contributed by atoms with Gasteiger partial charge < -0.3 is 5.32 Å². The van der Waals surface area contributed by atoms with Gasteiger partial charge in [-0.3, -0.25) is 0 Å². The number of benzene rings is 1. The van der Waals surface area contributed by atoms with Gasteiger partial charge in [-0.25, -0.2) is 4.39 Å². The second-order valence-electron chi connectivity index (χ2n) is 5.27. The van der Waals surface area contributed by atoms with E-state index in [0.29, 0.717) is 6.04 Å². The Hall–Kier alpha value is -0.890. The predicted octanol–water partition coefficient (Wildman–Crippen LogP) is 3.39. The van der Waals surface area contributed by atoms with Gasteiger partial charge in [0.05, 0.1) is 0 Å². The third-order valence-corrected chi connectivity index (χ3v) is 3.69. The summed E-state index contributed by atoms with van der Waals surface area (Å²) in [6.45, 7) is 5.54. The minimum absolute atomic E-state index is 0.124. The van der Waals surface area contributed by atoms with E-state index in [4.69, 9.17) is 0 Å². The SMILES string of the molecule is CCCNC(Cc1cccc(F)c1)C1CC1C. The molecule has 0 heterocycles. The Morgan fingerprint density at radius 1 is 1.47 bits per heavy atom. The Morgan fingerprint density at radius 3 is 2.82 bits per heavy atom. The summed E-state index contributed by atoms with van der Waals surface area (Å²) in [5.74, 6) is 1.49. The summed E-state index contributed by atoms with van der Waals surface area (Å²) in [4.78, 5) is 0. The van der Waals surface area contributed by atoms with Crippen LogP contribution in [0, 0.1) is 17.7 Å². The van der Waals surface area contributed by atoms with Crippen LogP contribution in [0.5, 0.6) is 0 Å². The van der Waals surface area contributed by atoms with Crippen LogP contribution in [0.25, 0.3) is 0 Å². The van der Waals surface area contributed by atoms with E-state index in [0.717, 1.165) is 36.8 Å². The minimum Gasteiger partial charge on any atom is -0.313 e. The van der Waals surface area contributed by atoms with Gasteiger partial charge in [0.2, 0.25) is 0 Å². The summed E-state index contributed by atoms with van der Waals surface area (Å²) in [6, 6.07) is 7.52. The van der Waals surface area contributed by atoms with Gasteiger partial charge in [-0.2, -0.15) is 0 Å². The quantitative estimate of drug-likeness (QED) is 0.797. The summed E-state index contributed by atoms with van der Waals surface area (Å²) in [6.07, 6.45) is 3.42. The molecule has 94 valence electrons. The number of rotatable bonds is 6. The molecule has 2 heteroatoms. The Morgan fingerprint density at radius 2 is 2.24 bits per heavy atom. The fraction of sp³-hybridized carbons (Fsp3) is 0.600. The van der Waals surface area contributed by atoms with Crippen molar-refractivity contribution in [2.24, 2.45) is 11.8 Å². The monoisotopic (exact) mass is 235 g/mol. The van der Waals surface area contributed by atoms with Gasteiger partial charge in [-0.15, -0.1) is 0 Å². The maximum atomic E-state index is 13.1. The van der Waals surface area contributed by atoms with Gasteiger partial charge in [0.15, 0.2) is 0 Å². The lowest BCUT2D eigenvalue weighted by molar-refractivity contribution is 0.443. The first-order valence-electron chi connectivity index (χ1n) is 6.68. The molecule has 0 radical (unpaired) electrons. The van der Waals surface area contributed by atoms with E-state index in [2.05, 4.69) is 19.2 Å². The Balaban J connectivity index is 1.96. The van der Waals surface area contributed by atoms with Crippen LogP contribution in [-0.4, -0.2) is 12.6 Å². The smallest absolute Gasteiger partial charge is 0.123 e. The molecule has 1 aromatic carbocycles. The molecule has 3 unspecified atom stereocenters. The Bertz CT molecular complexity index is 364. The van der Waals surface area contributed by atoms with Crippen molar-refractivity contribution >= 4 is 0 Å². The molecule has 1 aliphatic rings. The first-order valence-corrected chi connectivity index (χ1v) is 6.68. The first-order chi connectivity index (χ1) is 8.20. The topological polar surface area (TPSA) is 12.0 Å². The van der Waals surface area contributed by atoms with Gasteiger partial charge in [-0.1, -0.05) is 26.0 Å². The molecule has 0 amide bonds. The van der Waals surface area contributed by atoms with Crippen molar-refractivity contribution in [3.05, 3.63) is 35.6 Å². The predicted molar refractivity (Wildman–Crippen MR) is 69.5 cm³/mol. The Kier molecular flexibility index (Phi) is 4.16. The van der Waals surface area contributed by atoms with E-state index in [1.54, 1.807) is 12.1 Å². The van der Waals surface area contributed by atoms with Crippen molar-refractivity contribution in [2.75, 3.05) is 6.54 Å². The standard InChI is InChI=1S/C15H22FN/c1-3-7-17-15(14-8-11(14)2)10-12-5-4-6-13(16)9-12/h4-6,9,11,14-15,17H,3,7-8,10H2,1-2H3. The minimum atomic E-state index is -0.124. The molecule has 0 aromatic heterocycles. The number of hydrogen-bond acceptors (Lipinski definition) is 1. The zero-order chi connectivity index (χ0) is 12.3. The van der Waals surface area contributed by atoms with Crippen LogP contribution in [0.15, 0.2) is 24.3 Å². The maximum absolute atomic E-state index is 13.1. The van der Waals surface area contributed by atoms with E-state index in [-0.39, 0.29) is 5.82 Å². The second-order valence-corrected chi connectivity index (χ2v) is 5.27. The van der Waals surface area contributed by atoms with Gasteiger partial charge >= 0.3 is 0 Å². The highest BCUT2D eigenvalue weighted by Crippen LogP contribution is 2.41. The van der Waals surface area contributed by atoms with E-state index in [1.807, 2.05) is 6.07 Å². The molecular weight excluding hydrogens is 213 g/mol. The molecule has 0 saturated heterocycles. The van der Waals surface area contributed by atoms with Crippen molar-refractivity contribution in [1.29, 1.82) is 0 Å². The van der Waals surface area contributed by atoms with Crippen LogP contribution in [0.2, 0.25) is 0 Å². The summed E-state index contributed by atoms with van der Waals surface area (Å²) in [5, 5.41) is 3.61. The average Bonchev–Trinajstić information content (AvgIpc) is 3.02. The fourth-order valence-corrected chi connectivity index (χ4v) is 2.53. The third kappa shape index (κ3) is 3.53. The molecule has 1 nitrogen and oxygen atoms in total. The molecule has 3 atom stereocenters. The van der Waals surface area contributed by atoms with Crippen molar-refractivity contribution < 1.29 is 4.39 Å². The zero-order valence-corrected chi connectivity index (χ0v) is 10.7. The van der Waals surface area contributed by atoms with Crippen molar-refractivity contribution in [3.8, 4) is 0 Å². The lowest BCUT2D eigenvalue weighted by atomic mass is 10.0. The highest BCUT2D eigenvalue weighted by Gasteiger charge is 2.38. The Labute approximate surface area is 103 Å².